The smallest absolute Gasteiger partial charge is 0.261 e. The molecular formula is C11H10N4O2S. The van der Waals surface area contributed by atoms with Crippen LogP contribution in [0.2, 0.25) is 0 Å². The second-order valence-corrected chi connectivity index (χ2v) is 4.28. The summed E-state index contributed by atoms with van der Waals surface area (Å²) in [6.07, 6.45) is 1.22. The highest BCUT2D eigenvalue weighted by atomic mass is 32.1. The zero-order valence-corrected chi connectivity index (χ0v) is 10.2. The molecule has 2 heterocycles. The van der Waals surface area contributed by atoms with E-state index in [2.05, 4.69) is 31.8 Å². The third-order valence-electron chi connectivity index (χ3n) is 1.96. The van der Waals surface area contributed by atoms with E-state index in [0.29, 0.717) is 17.2 Å². The minimum Gasteiger partial charge on any atom is -0.344 e. The molecule has 2 aromatic rings. The first-order valence-corrected chi connectivity index (χ1v) is 5.93. The van der Waals surface area contributed by atoms with Crippen LogP contribution in [-0.4, -0.2) is 22.6 Å². The average Bonchev–Trinajstić information content (AvgIpc) is 3.04. The molecule has 0 aliphatic rings. The van der Waals surface area contributed by atoms with E-state index >= 15 is 0 Å². The largest absolute Gasteiger partial charge is 0.344 e. The van der Waals surface area contributed by atoms with Gasteiger partial charge in [-0.15, -0.1) is 11.3 Å². The van der Waals surface area contributed by atoms with E-state index < -0.39 is 0 Å². The van der Waals surface area contributed by atoms with E-state index in [4.69, 9.17) is 5.73 Å². The highest BCUT2D eigenvalue weighted by Crippen LogP contribution is 2.15. The summed E-state index contributed by atoms with van der Waals surface area (Å²) in [7, 11) is 0. The SMILES string of the molecule is NCC#Cc1ccc(C(=O)NCc2ncon2)s1. The number of nitrogens with zero attached hydrogens (tertiary/aromatic N) is 2. The fraction of sp³-hybridized carbons (Fsp3) is 0.182. The van der Waals surface area contributed by atoms with Gasteiger partial charge in [0.25, 0.3) is 5.91 Å². The summed E-state index contributed by atoms with van der Waals surface area (Å²) in [5.74, 6) is 5.85. The summed E-state index contributed by atoms with van der Waals surface area (Å²) < 4.78 is 4.56. The van der Waals surface area contributed by atoms with Gasteiger partial charge in [0, 0.05) is 0 Å². The summed E-state index contributed by atoms with van der Waals surface area (Å²) in [6.45, 7) is 0.536. The minimum absolute atomic E-state index is 0.189. The average molecular weight is 262 g/mol. The van der Waals surface area contributed by atoms with Crippen molar-refractivity contribution in [3.8, 4) is 11.8 Å². The maximum absolute atomic E-state index is 11.8. The van der Waals surface area contributed by atoms with Crippen LogP contribution in [0.3, 0.4) is 0 Å². The van der Waals surface area contributed by atoms with E-state index in [-0.39, 0.29) is 12.5 Å². The molecule has 0 bridgehead atoms. The van der Waals surface area contributed by atoms with Crippen LogP contribution >= 0.6 is 11.3 Å². The molecule has 0 atom stereocenters. The van der Waals surface area contributed by atoms with Crippen LogP contribution in [0, 0.1) is 11.8 Å². The molecule has 0 unspecified atom stereocenters. The lowest BCUT2D eigenvalue weighted by Crippen LogP contribution is -2.22. The third-order valence-corrected chi connectivity index (χ3v) is 2.96. The monoisotopic (exact) mass is 262 g/mol. The Bertz CT molecular complexity index is 580. The number of nitrogens with two attached hydrogens (primary N) is 1. The van der Waals surface area contributed by atoms with Crippen LogP contribution in [0.1, 0.15) is 20.4 Å². The van der Waals surface area contributed by atoms with Gasteiger partial charge in [-0.2, -0.15) is 4.98 Å². The fourth-order valence-corrected chi connectivity index (χ4v) is 1.98. The number of thiophene rings is 1. The van der Waals surface area contributed by atoms with Crippen molar-refractivity contribution in [1.29, 1.82) is 0 Å². The maximum atomic E-state index is 11.8. The lowest BCUT2D eigenvalue weighted by molar-refractivity contribution is 0.0953. The van der Waals surface area contributed by atoms with Gasteiger partial charge in [-0.05, 0) is 12.1 Å². The van der Waals surface area contributed by atoms with E-state index in [1.807, 2.05) is 0 Å². The van der Waals surface area contributed by atoms with E-state index in [9.17, 15) is 4.79 Å². The molecule has 0 aromatic carbocycles. The molecule has 1 amide bonds. The molecular weight excluding hydrogens is 252 g/mol. The first kappa shape index (κ1) is 12.3. The van der Waals surface area contributed by atoms with Crippen molar-refractivity contribution in [2.45, 2.75) is 6.54 Å². The number of rotatable bonds is 3. The molecule has 2 rings (SSSR count). The van der Waals surface area contributed by atoms with Crippen LogP contribution in [0.4, 0.5) is 0 Å². The Kier molecular flexibility index (Phi) is 4.06. The number of aromatic nitrogens is 2. The molecule has 0 aliphatic carbocycles. The number of amides is 1. The predicted molar refractivity (Wildman–Crippen MR) is 65.7 cm³/mol. The molecule has 18 heavy (non-hydrogen) atoms. The topological polar surface area (TPSA) is 94.0 Å². The van der Waals surface area contributed by atoms with Gasteiger partial charge in [0.2, 0.25) is 6.39 Å². The lowest BCUT2D eigenvalue weighted by Gasteiger charge is -1.98. The Morgan fingerprint density at radius 3 is 3.17 bits per heavy atom. The van der Waals surface area contributed by atoms with Gasteiger partial charge >= 0.3 is 0 Å². The van der Waals surface area contributed by atoms with Crippen LogP contribution in [-0.2, 0) is 6.54 Å². The summed E-state index contributed by atoms with van der Waals surface area (Å²) in [5.41, 5.74) is 5.27. The molecule has 0 radical (unpaired) electrons. The number of nitrogens with one attached hydrogen (secondary N) is 1. The van der Waals surface area contributed by atoms with Crippen LogP contribution in [0.5, 0.6) is 0 Å². The van der Waals surface area contributed by atoms with Gasteiger partial charge < -0.3 is 15.6 Å². The zero-order valence-electron chi connectivity index (χ0n) is 9.34. The molecule has 92 valence electrons. The van der Waals surface area contributed by atoms with Crippen LogP contribution < -0.4 is 11.1 Å². The Morgan fingerprint density at radius 2 is 2.44 bits per heavy atom. The van der Waals surface area contributed by atoms with Crippen LogP contribution in [0.15, 0.2) is 23.0 Å². The molecule has 0 aliphatic heterocycles. The highest BCUT2D eigenvalue weighted by molar-refractivity contribution is 7.14. The van der Waals surface area contributed by atoms with Crippen molar-refractivity contribution in [2.24, 2.45) is 5.73 Å². The Labute approximate surface area is 107 Å². The molecule has 3 N–H and O–H groups in total. The number of carbonyl (C=O) groups is 1. The Hall–Kier alpha value is -2.17. The molecule has 0 spiro atoms. The molecule has 0 fully saturated rings. The van der Waals surface area contributed by atoms with E-state index in [0.717, 1.165) is 4.88 Å². The van der Waals surface area contributed by atoms with Crippen LogP contribution in [0.25, 0.3) is 0 Å². The van der Waals surface area contributed by atoms with E-state index in [1.165, 1.54) is 17.7 Å². The third kappa shape index (κ3) is 3.16. The Balaban J connectivity index is 1.94. The molecule has 2 aromatic heterocycles. The van der Waals surface area contributed by atoms with Gasteiger partial charge in [0.15, 0.2) is 5.82 Å². The van der Waals surface area contributed by atoms with Crippen molar-refractivity contribution in [1.82, 2.24) is 15.5 Å². The second-order valence-electron chi connectivity index (χ2n) is 3.20. The van der Waals surface area contributed by atoms with Gasteiger partial charge in [-0.3, -0.25) is 4.79 Å². The normalized spacial score (nSPS) is 9.61. The first-order valence-electron chi connectivity index (χ1n) is 5.12. The quantitative estimate of drug-likeness (QED) is 0.779. The second kappa shape index (κ2) is 5.95. The molecule has 0 saturated heterocycles. The summed E-state index contributed by atoms with van der Waals surface area (Å²) in [5, 5.41) is 6.28. The molecule has 7 heteroatoms. The molecule has 6 nitrogen and oxygen atoms in total. The zero-order chi connectivity index (χ0) is 12.8. The van der Waals surface area contributed by atoms with Gasteiger partial charge in [-0.1, -0.05) is 17.0 Å². The van der Waals surface area contributed by atoms with Gasteiger partial charge in [0.1, 0.15) is 0 Å². The van der Waals surface area contributed by atoms with Gasteiger partial charge in [-0.25, -0.2) is 0 Å². The number of hydrogen-bond acceptors (Lipinski definition) is 6. The minimum atomic E-state index is -0.189. The number of hydrogen-bond donors (Lipinski definition) is 2. The number of carbonyl (C=O) groups excluding carboxylic acids is 1. The van der Waals surface area contributed by atoms with Gasteiger partial charge in [0.05, 0.1) is 22.8 Å². The predicted octanol–water partition coefficient (Wildman–Crippen LogP) is 0.371. The van der Waals surface area contributed by atoms with E-state index in [1.54, 1.807) is 12.1 Å². The summed E-state index contributed by atoms with van der Waals surface area (Å²) >= 11 is 1.31. The highest BCUT2D eigenvalue weighted by Gasteiger charge is 2.09. The van der Waals surface area contributed by atoms with Crippen molar-refractivity contribution >= 4 is 17.2 Å². The van der Waals surface area contributed by atoms with Crippen molar-refractivity contribution in [3.05, 3.63) is 34.1 Å². The summed E-state index contributed by atoms with van der Waals surface area (Å²) in [6, 6.07) is 3.51. The Morgan fingerprint density at radius 1 is 1.56 bits per heavy atom. The first-order chi connectivity index (χ1) is 8.79. The molecule has 0 saturated carbocycles. The maximum Gasteiger partial charge on any atom is 0.261 e. The van der Waals surface area contributed by atoms with Crippen molar-refractivity contribution in [2.75, 3.05) is 6.54 Å². The lowest BCUT2D eigenvalue weighted by atomic mass is 10.4. The summed E-state index contributed by atoms with van der Waals surface area (Å²) in [4.78, 5) is 17.0. The standard InChI is InChI=1S/C11H10N4O2S/c12-5-1-2-8-3-4-9(18-8)11(16)13-6-10-14-7-17-15-10/h3-4,7H,5-6,12H2,(H,13,16). The van der Waals surface area contributed by atoms with Crippen molar-refractivity contribution < 1.29 is 9.32 Å². The fourth-order valence-electron chi connectivity index (χ4n) is 1.18. The van der Waals surface area contributed by atoms with Crippen molar-refractivity contribution in [3.63, 3.8) is 0 Å².